The van der Waals surface area contributed by atoms with Crippen LogP contribution in [0.5, 0.6) is 0 Å². The van der Waals surface area contributed by atoms with Gasteiger partial charge in [0, 0.05) is 36.3 Å². The first-order chi connectivity index (χ1) is 11.1. The van der Waals surface area contributed by atoms with E-state index in [1.807, 2.05) is 32.3 Å². The lowest BCUT2D eigenvalue weighted by atomic mass is 9.92. The molecule has 0 amide bonds. The third-order valence-electron chi connectivity index (χ3n) is 4.28. The van der Waals surface area contributed by atoms with Crippen molar-refractivity contribution in [1.29, 1.82) is 0 Å². The molecular formula is C18H16FN3S. The van der Waals surface area contributed by atoms with Crippen molar-refractivity contribution in [3.63, 3.8) is 0 Å². The van der Waals surface area contributed by atoms with E-state index < -0.39 is 0 Å². The lowest BCUT2D eigenvalue weighted by Crippen LogP contribution is -2.26. The van der Waals surface area contributed by atoms with Crippen molar-refractivity contribution in [3.8, 4) is 0 Å². The molecule has 23 heavy (non-hydrogen) atoms. The summed E-state index contributed by atoms with van der Waals surface area (Å²) in [6.45, 7) is 1.96. The molecule has 1 atom stereocenters. The maximum atomic E-state index is 13.5. The maximum absolute atomic E-state index is 13.5. The molecule has 2 heterocycles. The van der Waals surface area contributed by atoms with E-state index in [0.717, 1.165) is 33.3 Å². The standard InChI is InChI=1S/C18H16FN3S/c1-11-10-13(19)6-8-14(11)18-15-7-5-12-4-3-9-20-16(12)17(15)21-23-22(18)2/h3-10,18,21H,1-2H3. The van der Waals surface area contributed by atoms with Crippen LogP contribution in [0.3, 0.4) is 0 Å². The fourth-order valence-electron chi connectivity index (χ4n) is 3.17. The van der Waals surface area contributed by atoms with Gasteiger partial charge in [0.1, 0.15) is 5.82 Å². The first-order valence-corrected chi connectivity index (χ1v) is 8.22. The van der Waals surface area contributed by atoms with E-state index >= 15 is 0 Å². The second-order valence-electron chi connectivity index (χ2n) is 5.75. The number of fused-ring (bicyclic) bond motifs is 3. The maximum Gasteiger partial charge on any atom is 0.123 e. The van der Waals surface area contributed by atoms with Gasteiger partial charge in [-0.3, -0.25) is 4.98 Å². The van der Waals surface area contributed by atoms with Gasteiger partial charge in [-0.05, 0) is 36.2 Å². The van der Waals surface area contributed by atoms with Crippen LogP contribution in [0.4, 0.5) is 10.1 Å². The number of aromatic nitrogens is 1. The van der Waals surface area contributed by atoms with Gasteiger partial charge in [0.25, 0.3) is 0 Å². The van der Waals surface area contributed by atoms with E-state index in [4.69, 9.17) is 0 Å². The predicted molar refractivity (Wildman–Crippen MR) is 93.7 cm³/mol. The first-order valence-electron chi connectivity index (χ1n) is 7.44. The second kappa shape index (κ2) is 5.51. The van der Waals surface area contributed by atoms with Gasteiger partial charge < -0.3 is 4.72 Å². The molecule has 1 N–H and O–H groups in total. The minimum Gasteiger partial charge on any atom is -0.314 e. The Bertz CT molecular complexity index is 897. The van der Waals surface area contributed by atoms with E-state index in [0.29, 0.717) is 0 Å². The lowest BCUT2D eigenvalue weighted by molar-refractivity contribution is 0.476. The number of rotatable bonds is 1. The van der Waals surface area contributed by atoms with Crippen LogP contribution in [0.1, 0.15) is 22.7 Å². The minimum absolute atomic E-state index is 0.0586. The summed E-state index contributed by atoms with van der Waals surface area (Å²) in [5.74, 6) is -0.198. The molecule has 116 valence electrons. The lowest BCUT2D eigenvalue weighted by Gasteiger charge is -2.35. The highest BCUT2D eigenvalue weighted by atomic mass is 32.2. The summed E-state index contributed by atoms with van der Waals surface area (Å²) < 4.78 is 19.0. The molecule has 1 aliphatic rings. The van der Waals surface area contributed by atoms with E-state index in [9.17, 15) is 4.39 Å². The van der Waals surface area contributed by atoms with Gasteiger partial charge >= 0.3 is 0 Å². The molecule has 0 fully saturated rings. The largest absolute Gasteiger partial charge is 0.314 e. The zero-order chi connectivity index (χ0) is 16.0. The van der Waals surface area contributed by atoms with E-state index in [1.165, 1.54) is 6.07 Å². The average Bonchev–Trinajstić information content (AvgIpc) is 2.55. The molecule has 1 aliphatic heterocycles. The van der Waals surface area contributed by atoms with E-state index in [2.05, 4.69) is 32.2 Å². The number of nitrogens with zero attached hydrogens (tertiary/aromatic N) is 2. The highest BCUT2D eigenvalue weighted by Crippen LogP contribution is 2.44. The van der Waals surface area contributed by atoms with Crippen molar-refractivity contribution in [2.24, 2.45) is 0 Å². The van der Waals surface area contributed by atoms with Crippen LogP contribution in [-0.4, -0.2) is 16.3 Å². The van der Waals surface area contributed by atoms with Crippen molar-refractivity contribution in [3.05, 3.63) is 71.2 Å². The van der Waals surface area contributed by atoms with Gasteiger partial charge in [0.05, 0.1) is 17.2 Å². The molecule has 0 saturated heterocycles. The van der Waals surface area contributed by atoms with Gasteiger partial charge in [-0.1, -0.05) is 24.3 Å². The minimum atomic E-state index is -0.198. The van der Waals surface area contributed by atoms with Crippen molar-refractivity contribution >= 4 is 28.7 Å². The fraction of sp³-hybridized carbons (Fsp3) is 0.167. The molecule has 3 nitrogen and oxygen atoms in total. The summed E-state index contributed by atoms with van der Waals surface area (Å²) in [5.41, 5.74) is 5.23. The van der Waals surface area contributed by atoms with Gasteiger partial charge in [-0.15, -0.1) is 0 Å². The Morgan fingerprint density at radius 1 is 1.17 bits per heavy atom. The van der Waals surface area contributed by atoms with Crippen molar-refractivity contribution in [1.82, 2.24) is 9.29 Å². The number of anilines is 1. The van der Waals surface area contributed by atoms with Gasteiger partial charge in [-0.2, -0.15) is 0 Å². The molecule has 1 unspecified atom stereocenters. The smallest absolute Gasteiger partial charge is 0.123 e. The Hall–Kier alpha value is -2.11. The highest BCUT2D eigenvalue weighted by molar-refractivity contribution is 7.98. The average molecular weight is 325 g/mol. The summed E-state index contributed by atoms with van der Waals surface area (Å²) >= 11 is 1.54. The summed E-state index contributed by atoms with van der Waals surface area (Å²) in [7, 11) is 2.04. The zero-order valence-corrected chi connectivity index (χ0v) is 13.7. The van der Waals surface area contributed by atoms with Gasteiger partial charge in [-0.25, -0.2) is 8.70 Å². The Morgan fingerprint density at radius 2 is 2.00 bits per heavy atom. The Kier molecular flexibility index (Phi) is 3.47. The van der Waals surface area contributed by atoms with E-state index in [1.54, 1.807) is 18.2 Å². The predicted octanol–water partition coefficient (Wildman–Crippen LogP) is 4.69. The summed E-state index contributed by atoms with van der Waals surface area (Å²) in [4.78, 5) is 4.53. The topological polar surface area (TPSA) is 28.2 Å². The van der Waals surface area contributed by atoms with Crippen LogP contribution in [0.2, 0.25) is 0 Å². The highest BCUT2D eigenvalue weighted by Gasteiger charge is 2.29. The third kappa shape index (κ3) is 2.36. The third-order valence-corrected chi connectivity index (χ3v) is 5.08. The molecular weight excluding hydrogens is 309 g/mol. The molecule has 1 aromatic heterocycles. The summed E-state index contributed by atoms with van der Waals surface area (Å²) in [5, 5.41) is 1.11. The van der Waals surface area contributed by atoms with Crippen LogP contribution >= 0.6 is 12.1 Å². The fourth-order valence-corrected chi connectivity index (χ4v) is 3.95. The summed E-state index contributed by atoms with van der Waals surface area (Å²) in [6.07, 6.45) is 1.81. The number of pyridine rings is 1. The van der Waals surface area contributed by atoms with Crippen LogP contribution in [0.25, 0.3) is 10.9 Å². The number of nitrogens with one attached hydrogen (secondary N) is 1. The SMILES string of the molecule is Cc1cc(F)ccc1C1c2ccc3cccnc3c2NSN1C. The number of benzene rings is 2. The molecule has 0 saturated carbocycles. The quantitative estimate of drug-likeness (QED) is 0.657. The van der Waals surface area contributed by atoms with Crippen molar-refractivity contribution < 1.29 is 4.39 Å². The van der Waals surface area contributed by atoms with Crippen LogP contribution in [0, 0.1) is 12.7 Å². The van der Waals surface area contributed by atoms with Crippen molar-refractivity contribution in [2.45, 2.75) is 13.0 Å². The molecule has 0 aliphatic carbocycles. The van der Waals surface area contributed by atoms with Crippen LogP contribution < -0.4 is 4.72 Å². The number of hydrogen-bond acceptors (Lipinski definition) is 4. The normalized spacial score (nSPS) is 17.8. The molecule has 2 aromatic carbocycles. The monoisotopic (exact) mass is 325 g/mol. The molecule has 3 aromatic rings. The number of hydrogen-bond donors (Lipinski definition) is 1. The summed E-state index contributed by atoms with van der Waals surface area (Å²) in [6, 6.07) is 13.3. The Balaban J connectivity index is 1.94. The zero-order valence-electron chi connectivity index (χ0n) is 12.9. The van der Waals surface area contributed by atoms with Gasteiger partial charge in [0.2, 0.25) is 0 Å². The Labute approximate surface area is 138 Å². The first kappa shape index (κ1) is 14.5. The second-order valence-corrected chi connectivity index (χ2v) is 6.71. The number of halogens is 1. The molecule has 0 radical (unpaired) electrons. The molecule has 5 heteroatoms. The molecule has 0 spiro atoms. The van der Waals surface area contributed by atoms with Crippen LogP contribution in [0.15, 0.2) is 48.7 Å². The van der Waals surface area contributed by atoms with E-state index in [-0.39, 0.29) is 11.9 Å². The molecule has 4 rings (SSSR count). The van der Waals surface area contributed by atoms with Gasteiger partial charge in [0.15, 0.2) is 0 Å². The van der Waals surface area contributed by atoms with Crippen molar-refractivity contribution in [2.75, 3.05) is 11.8 Å². The molecule has 0 bridgehead atoms. The number of aryl methyl sites for hydroxylation is 1. The van der Waals surface area contributed by atoms with Crippen LogP contribution in [-0.2, 0) is 0 Å². The Morgan fingerprint density at radius 3 is 2.83 bits per heavy atom.